The van der Waals surface area contributed by atoms with Crippen molar-refractivity contribution >= 4 is 22.5 Å². The fourth-order valence-corrected chi connectivity index (χ4v) is 4.83. The molecular formula is C22H24O7. The molecule has 2 aromatic carbocycles. The molecule has 0 heterocycles. The first-order valence-corrected chi connectivity index (χ1v) is 9.79. The van der Waals surface area contributed by atoms with Crippen LogP contribution in [0, 0.1) is 0 Å². The van der Waals surface area contributed by atoms with Gasteiger partial charge in [-0.1, -0.05) is 6.92 Å². The van der Waals surface area contributed by atoms with Crippen LogP contribution in [0.3, 0.4) is 0 Å². The second-order valence-electron chi connectivity index (χ2n) is 7.97. The fraction of sp³-hybridized carbons (Fsp3) is 0.455. The molecule has 2 aliphatic rings. The van der Waals surface area contributed by atoms with Gasteiger partial charge in [0, 0.05) is 17.2 Å². The van der Waals surface area contributed by atoms with Crippen LogP contribution in [-0.4, -0.2) is 44.9 Å². The van der Waals surface area contributed by atoms with Crippen LogP contribution in [0.4, 0.5) is 0 Å². The van der Waals surface area contributed by atoms with E-state index in [-0.39, 0.29) is 47.5 Å². The van der Waals surface area contributed by atoms with E-state index in [0.29, 0.717) is 34.9 Å². The molecule has 7 heteroatoms. The average molecular weight is 400 g/mol. The largest absolute Gasteiger partial charge is 0.507 e. The highest BCUT2D eigenvalue weighted by atomic mass is 16.5. The minimum atomic E-state index is -1.34. The maximum absolute atomic E-state index is 12.6. The summed E-state index contributed by atoms with van der Waals surface area (Å²) in [5, 5.41) is 43.7. The lowest BCUT2D eigenvalue weighted by Crippen LogP contribution is -2.44. The molecule has 0 spiro atoms. The number of rotatable bonds is 2. The fourth-order valence-electron chi connectivity index (χ4n) is 4.83. The van der Waals surface area contributed by atoms with Crippen LogP contribution in [0.1, 0.15) is 71.7 Å². The number of methoxy groups -OCH3 is 1. The van der Waals surface area contributed by atoms with E-state index in [1.54, 1.807) is 13.0 Å². The third-order valence-corrected chi connectivity index (χ3v) is 6.55. The zero-order valence-electron chi connectivity index (χ0n) is 16.4. The Kier molecular flexibility index (Phi) is 4.55. The van der Waals surface area contributed by atoms with Gasteiger partial charge in [-0.3, -0.25) is 9.59 Å². The van der Waals surface area contributed by atoms with E-state index in [1.165, 1.54) is 13.2 Å². The van der Waals surface area contributed by atoms with Crippen molar-refractivity contribution < 1.29 is 34.8 Å². The summed E-state index contributed by atoms with van der Waals surface area (Å²) in [6.07, 6.45) is 0.399. The van der Waals surface area contributed by atoms with E-state index >= 15 is 0 Å². The van der Waals surface area contributed by atoms with Gasteiger partial charge in [0.05, 0.1) is 24.4 Å². The molecule has 0 bridgehead atoms. The number of aliphatic hydroxyl groups is 2. The first kappa shape index (κ1) is 19.7. The van der Waals surface area contributed by atoms with Crippen LogP contribution in [0.2, 0.25) is 0 Å². The quantitative estimate of drug-likeness (QED) is 0.571. The Labute approximate surface area is 167 Å². The number of benzene rings is 2. The van der Waals surface area contributed by atoms with Crippen LogP contribution in [0.15, 0.2) is 12.1 Å². The molecule has 154 valence electrons. The Morgan fingerprint density at radius 3 is 2.48 bits per heavy atom. The Bertz CT molecular complexity index is 1040. The maximum atomic E-state index is 12.6. The second kappa shape index (κ2) is 6.71. The molecule has 4 N–H and O–H groups in total. The number of carbonyl (C=O) groups excluding carboxylic acids is 2. The second-order valence-corrected chi connectivity index (χ2v) is 7.97. The topological polar surface area (TPSA) is 124 Å². The molecule has 0 radical (unpaired) electrons. The van der Waals surface area contributed by atoms with Crippen LogP contribution < -0.4 is 0 Å². The Morgan fingerprint density at radius 1 is 1.17 bits per heavy atom. The molecule has 2 aliphatic carbocycles. The molecule has 0 aromatic heterocycles. The van der Waals surface area contributed by atoms with Crippen molar-refractivity contribution in [2.45, 2.75) is 56.7 Å². The summed E-state index contributed by atoms with van der Waals surface area (Å²) in [7, 11) is 1.24. The van der Waals surface area contributed by atoms with Gasteiger partial charge in [-0.05, 0) is 54.5 Å². The third kappa shape index (κ3) is 2.72. The number of ketones is 1. The molecule has 29 heavy (non-hydrogen) atoms. The van der Waals surface area contributed by atoms with E-state index < -0.39 is 23.6 Å². The number of phenolic OH excluding ortho intramolecular Hbond substituents is 2. The number of hydrogen-bond donors (Lipinski definition) is 4. The number of ether oxygens (including phenoxy) is 1. The SMILES string of the molecule is CC[C@@]1(O)CCc2c(cc3c(O)c4c(cc3c2O)[C@H](O)CCC4=O)[C@@H]1C(=O)OC. The maximum Gasteiger partial charge on any atom is 0.316 e. The highest BCUT2D eigenvalue weighted by Gasteiger charge is 2.47. The number of Topliss-reactive ketones (excluding diaryl/α,β-unsaturated/α-hetero) is 1. The van der Waals surface area contributed by atoms with Crippen LogP contribution in [0.25, 0.3) is 10.8 Å². The summed E-state index contributed by atoms with van der Waals surface area (Å²) in [5.74, 6) is -2.37. The van der Waals surface area contributed by atoms with Crippen LogP contribution >= 0.6 is 0 Å². The van der Waals surface area contributed by atoms with Crippen molar-refractivity contribution in [2.24, 2.45) is 0 Å². The summed E-state index contributed by atoms with van der Waals surface area (Å²) in [6.45, 7) is 1.77. The highest BCUT2D eigenvalue weighted by molar-refractivity contribution is 6.09. The lowest BCUT2D eigenvalue weighted by atomic mass is 9.69. The highest BCUT2D eigenvalue weighted by Crippen LogP contribution is 2.50. The van der Waals surface area contributed by atoms with E-state index in [0.717, 1.165) is 0 Å². The number of phenols is 2. The van der Waals surface area contributed by atoms with Crippen LogP contribution in [-0.2, 0) is 16.0 Å². The minimum absolute atomic E-state index is 0.0479. The van der Waals surface area contributed by atoms with Gasteiger partial charge in [0.15, 0.2) is 5.78 Å². The third-order valence-electron chi connectivity index (χ3n) is 6.55. The Morgan fingerprint density at radius 2 is 1.83 bits per heavy atom. The zero-order valence-corrected chi connectivity index (χ0v) is 16.4. The number of aliphatic hydroxyl groups excluding tert-OH is 1. The summed E-state index contributed by atoms with van der Waals surface area (Å²) in [4.78, 5) is 24.9. The first-order chi connectivity index (χ1) is 13.7. The molecule has 0 amide bonds. The van der Waals surface area contributed by atoms with Gasteiger partial charge in [0.25, 0.3) is 0 Å². The normalized spacial score (nSPS) is 26.1. The lowest BCUT2D eigenvalue weighted by molar-refractivity contribution is -0.151. The van der Waals surface area contributed by atoms with Gasteiger partial charge < -0.3 is 25.2 Å². The van der Waals surface area contributed by atoms with E-state index in [4.69, 9.17) is 4.74 Å². The van der Waals surface area contributed by atoms with Gasteiger partial charge in [0.2, 0.25) is 0 Å². The zero-order chi connectivity index (χ0) is 21.1. The molecule has 0 fully saturated rings. The van der Waals surface area contributed by atoms with Gasteiger partial charge in [-0.25, -0.2) is 0 Å². The minimum Gasteiger partial charge on any atom is -0.507 e. The summed E-state index contributed by atoms with van der Waals surface area (Å²) < 4.78 is 4.92. The molecule has 0 saturated heterocycles. The predicted molar refractivity (Wildman–Crippen MR) is 104 cm³/mol. The number of esters is 1. The molecule has 3 atom stereocenters. The van der Waals surface area contributed by atoms with E-state index in [9.17, 15) is 30.0 Å². The van der Waals surface area contributed by atoms with E-state index in [2.05, 4.69) is 0 Å². The molecule has 0 aliphatic heterocycles. The van der Waals surface area contributed by atoms with Crippen molar-refractivity contribution in [1.82, 2.24) is 0 Å². The molecular weight excluding hydrogens is 376 g/mol. The summed E-state index contributed by atoms with van der Waals surface area (Å²) >= 11 is 0. The first-order valence-electron chi connectivity index (χ1n) is 9.79. The summed E-state index contributed by atoms with van der Waals surface area (Å²) in [5.41, 5.74) is -0.104. The number of hydrogen-bond acceptors (Lipinski definition) is 7. The van der Waals surface area contributed by atoms with Crippen molar-refractivity contribution in [3.8, 4) is 11.5 Å². The predicted octanol–water partition coefficient (Wildman–Crippen LogP) is 2.60. The Hall–Kier alpha value is -2.64. The average Bonchev–Trinajstić information content (AvgIpc) is 2.71. The van der Waals surface area contributed by atoms with Gasteiger partial charge in [-0.15, -0.1) is 0 Å². The number of carbonyl (C=O) groups is 2. The monoisotopic (exact) mass is 400 g/mol. The Balaban J connectivity index is 2.05. The molecule has 4 rings (SSSR count). The van der Waals surface area contributed by atoms with Gasteiger partial charge in [0.1, 0.15) is 17.4 Å². The van der Waals surface area contributed by atoms with E-state index in [1.807, 2.05) is 0 Å². The van der Waals surface area contributed by atoms with Gasteiger partial charge in [-0.2, -0.15) is 0 Å². The molecule has 0 unspecified atom stereocenters. The van der Waals surface area contributed by atoms with Crippen molar-refractivity contribution in [1.29, 1.82) is 0 Å². The molecule has 0 saturated carbocycles. The molecule has 7 nitrogen and oxygen atoms in total. The van der Waals surface area contributed by atoms with Crippen LogP contribution in [0.5, 0.6) is 11.5 Å². The van der Waals surface area contributed by atoms with Gasteiger partial charge >= 0.3 is 5.97 Å². The number of aromatic hydroxyl groups is 2. The lowest BCUT2D eigenvalue weighted by Gasteiger charge is -2.39. The van der Waals surface area contributed by atoms with Crippen molar-refractivity contribution in [2.75, 3.05) is 7.11 Å². The summed E-state index contributed by atoms with van der Waals surface area (Å²) in [6, 6.07) is 3.09. The number of fused-ring (bicyclic) bond motifs is 3. The van der Waals surface area contributed by atoms with Crippen molar-refractivity contribution in [3.63, 3.8) is 0 Å². The molecule has 2 aromatic rings. The standard InChI is InChI=1S/C22H24O7/c1-3-22(28)7-6-10-11(18(22)21(27)29-2)8-13-12(19(10)25)9-14-15(23)4-5-16(24)17(14)20(13)26/h8-9,15,18,23,25-26,28H,3-7H2,1-2H3/t15-,18-,22-/m1/s1. The smallest absolute Gasteiger partial charge is 0.316 e. The van der Waals surface area contributed by atoms with Crippen molar-refractivity contribution in [3.05, 3.63) is 34.4 Å².